The molecule has 1 atom stereocenters. The summed E-state index contributed by atoms with van der Waals surface area (Å²) in [6.07, 6.45) is 10.8. The highest BCUT2D eigenvalue weighted by Crippen LogP contribution is 2.07. The minimum absolute atomic E-state index is 0.644. The molecule has 0 saturated carbocycles. The molecule has 0 spiro atoms. The summed E-state index contributed by atoms with van der Waals surface area (Å²) < 4.78 is 0. The molecule has 88 valence electrons. The van der Waals surface area contributed by atoms with Crippen molar-refractivity contribution in [3.63, 3.8) is 0 Å². The summed E-state index contributed by atoms with van der Waals surface area (Å²) in [7, 11) is 0. The lowest BCUT2D eigenvalue weighted by Gasteiger charge is -2.04. The molecule has 0 aliphatic carbocycles. The summed E-state index contributed by atoms with van der Waals surface area (Å²) in [5.41, 5.74) is 1.38. The van der Waals surface area contributed by atoms with Gasteiger partial charge in [-0.15, -0.1) is 0 Å². The standard InChI is InChI=1S/C14H27N/c1-5-7-8-10-14(4)12-15-11-13(3)9-6-2/h9,12,14H,5-8,10-11H2,1-4H3/b13-9+,15-12?. The van der Waals surface area contributed by atoms with E-state index in [0.717, 1.165) is 13.0 Å². The van der Waals surface area contributed by atoms with Crippen molar-refractivity contribution in [1.29, 1.82) is 0 Å². The van der Waals surface area contributed by atoms with Crippen LogP contribution >= 0.6 is 0 Å². The van der Waals surface area contributed by atoms with Crippen LogP contribution in [-0.2, 0) is 0 Å². The highest BCUT2D eigenvalue weighted by Gasteiger charge is 1.96. The second-order valence-corrected chi connectivity index (χ2v) is 4.42. The van der Waals surface area contributed by atoms with Crippen molar-refractivity contribution in [2.24, 2.45) is 10.9 Å². The quantitative estimate of drug-likeness (QED) is 0.314. The predicted octanol–water partition coefficient (Wildman–Crippen LogP) is 4.63. The summed E-state index contributed by atoms with van der Waals surface area (Å²) in [5, 5.41) is 0. The zero-order chi connectivity index (χ0) is 11.5. The lowest BCUT2D eigenvalue weighted by molar-refractivity contribution is 0.603. The van der Waals surface area contributed by atoms with Crippen molar-refractivity contribution in [3.05, 3.63) is 11.6 Å². The maximum atomic E-state index is 4.48. The third-order valence-corrected chi connectivity index (χ3v) is 2.52. The second-order valence-electron chi connectivity index (χ2n) is 4.42. The second kappa shape index (κ2) is 9.95. The van der Waals surface area contributed by atoms with Crippen LogP contribution in [0.5, 0.6) is 0 Å². The van der Waals surface area contributed by atoms with E-state index in [4.69, 9.17) is 0 Å². The maximum Gasteiger partial charge on any atom is 0.0593 e. The first-order valence-electron chi connectivity index (χ1n) is 6.36. The van der Waals surface area contributed by atoms with Gasteiger partial charge in [0.2, 0.25) is 0 Å². The van der Waals surface area contributed by atoms with Crippen molar-refractivity contribution in [1.82, 2.24) is 0 Å². The average molecular weight is 209 g/mol. The van der Waals surface area contributed by atoms with E-state index in [1.54, 1.807) is 0 Å². The molecule has 0 heterocycles. The normalized spacial score (nSPS) is 14.8. The van der Waals surface area contributed by atoms with E-state index in [2.05, 4.69) is 45.0 Å². The Morgan fingerprint density at radius 1 is 1.27 bits per heavy atom. The number of nitrogens with zero attached hydrogens (tertiary/aromatic N) is 1. The van der Waals surface area contributed by atoms with Crippen LogP contribution in [0.3, 0.4) is 0 Å². The zero-order valence-electron chi connectivity index (χ0n) is 10.9. The van der Waals surface area contributed by atoms with Crippen molar-refractivity contribution >= 4 is 6.21 Å². The number of rotatable bonds is 8. The van der Waals surface area contributed by atoms with Crippen molar-refractivity contribution < 1.29 is 0 Å². The van der Waals surface area contributed by atoms with Gasteiger partial charge in [0, 0.05) is 6.21 Å². The number of hydrogen-bond donors (Lipinski definition) is 0. The minimum Gasteiger partial charge on any atom is -0.293 e. The van der Waals surface area contributed by atoms with Crippen LogP contribution in [0, 0.1) is 5.92 Å². The van der Waals surface area contributed by atoms with Gasteiger partial charge in [-0.3, -0.25) is 4.99 Å². The highest BCUT2D eigenvalue weighted by atomic mass is 14.7. The Morgan fingerprint density at radius 3 is 2.60 bits per heavy atom. The zero-order valence-corrected chi connectivity index (χ0v) is 10.9. The van der Waals surface area contributed by atoms with Crippen LogP contribution < -0.4 is 0 Å². The average Bonchev–Trinajstić information content (AvgIpc) is 2.18. The molecule has 0 aliphatic rings. The minimum atomic E-state index is 0.644. The lowest BCUT2D eigenvalue weighted by Crippen LogP contribution is -1.97. The fourth-order valence-electron chi connectivity index (χ4n) is 1.58. The Hall–Kier alpha value is -0.590. The number of hydrogen-bond acceptors (Lipinski definition) is 1. The van der Waals surface area contributed by atoms with Crippen molar-refractivity contribution in [2.45, 2.75) is 59.8 Å². The molecule has 0 aliphatic heterocycles. The topological polar surface area (TPSA) is 12.4 Å². The summed E-state index contributed by atoms with van der Waals surface area (Å²) in [4.78, 5) is 4.48. The molecule has 0 rings (SSSR count). The molecule has 0 aromatic carbocycles. The molecular formula is C14H27N. The van der Waals surface area contributed by atoms with Gasteiger partial charge in [0.25, 0.3) is 0 Å². The summed E-state index contributed by atoms with van der Waals surface area (Å²) in [6.45, 7) is 9.71. The fraction of sp³-hybridized carbons (Fsp3) is 0.786. The van der Waals surface area contributed by atoms with Gasteiger partial charge in [-0.05, 0) is 25.7 Å². The van der Waals surface area contributed by atoms with Crippen LogP contribution in [0.2, 0.25) is 0 Å². The van der Waals surface area contributed by atoms with E-state index in [0.29, 0.717) is 5.92 Å². The largest absolute Gasteiger partial charge is 0.293 e. The van der Waals surface area contributed by atoms with Crippen LogP contribution in [0.15, 0.2) is 16.6 Å². The molecule has 1 heteroatoms. The first-order valence-corrected chi connectivity index (χ1v) is 6.36. The first kappa shape index (κ1) is 14.4. The Kier molecular flexibility index (Phi) is 9.55. The molecule has 0 aromatic heterocycles. The third-order valence-electron chi connectivity index (χ3n) is 2.52. The van der Waals surface area contributed by atoms with E-state index in [1.807, 2.05) is 0 Å². The molecule has 0 fully saturated rings. The van der Waals surface area contributed by atoms with Gasteiger partial charge in [0.05, 0.1) is 6.54 Å². The molecule has 0 N–H and O–H groups in total. The smallest absolute Gasteiger partial charge is 0.0593 e. The number of aliphatic imine (C=N–C) groups is 1. The van der Waals surface area contributed by atoms with Crippen LogP contribution in [0.4, 0.5) is 0 Å². The van der Waals surface area contributed by atoms with Gasteiger partial charge in [0.1, 0.15) is 0 Å². The Labute approximate surface area is 95.7 Å². The van der Waals surface area contributed by atoms with E-state index in [9.17, 15) is 0 Å². The predicted molar refractivity (Wildman–Crippen MR) is 70.7 cm³/mol. The maximum absolute atomic E-state index is 4.48. The van der Waals surface area contributed by atoms with Gasteiger partial charge in [0.15, 0.2) is 0 Å². The first-order chi connectivity index (χ1) is 7.20. The monoisotopic (exact) mass is 209 g/mol. The van der Waals surface area contributed by atoms with E-state index < -0.39 is 0 Å². The van der Waals surface area contributed by atoms with Gasteiger partial charge in [-0.1, -0.05) is 51.7 Å². The van der Waals surface area contributed by atoms with E-state index in [-0.39, 0.29) is 0 Å². The summed E-state index contributed by atoms with van der Waals surface area (Å²) >= 11 is 0. The van der Waals surface area contributed by atoms with Gasteiger partial charge in [-0.25, -0.2) is 0 Å². The molecule has 1 unspecified atom stereocenters. The number of unbranched alkanes of at least 4 members (excludes halogenated alkanes) is 2. The summed E-state index contributed by atoms with van der Waals surface area (Å²) in [5.74, 6) is 0.644. The van der Waals surface area contributed by atoms with E-state index in [1.165, 1.54) is 31.3 Å². The van der Waals surface area contributed by atoms with Gasteiger partial charge in [-0.2, -0.15) is 0 Å². The fourth-order valence-corrected chi connectivity index (χ4v) is 1.58. The van der Waals surface area contributed by atoms with E-state index >= 15 is 0 Å². The van der Waals surface area contributed by atoms with Crippen LogP contribution in [0.25, 0.3) is 0 Å². The Morgan fingerprint density at radius 2 is 2.00 bits per heavy atom. The molecule has 0 saturated heterocycles. The molecule has 0 amide bonds. The number of allylic oxidation sites excluding steroid dienone is 1. The molecule has 0 bridgehead atoms. The SMILES string of the molecule is CC/C=C(\C)CN=CC(C)CCCCC. The third kappa shape index (κ3) is 9.71. The molecule has 0 aromatic rings. The highest BCUT2D eigenvalue weighted by molar-refractivity contribution is 5.60. The molecule has 1 nitrogen and oxygen atoms in total. The molecule has 0 radical (unpaired) electrons. The van der Waals surface area contributed by atoms with Crippen LogP contribution in [0.1, 0.15) is 59.8 Å². The summed E-state index contributed by atoms with van der Waals surface area (Å²) in [6, 6.07) is 0. The molecular weight excluding hydrogens is 182 g/mol. The Balaban J connectivity index is 3.62. The van der Waals surface area contributed by atoms with Crippen molar-refractivity contribution in [2.75, 3.05) is 6.54 Å². The molecule has 15 heavy (non-hydrogen) atoms. The van der Waals surface area contributed by atoms with Crippen molar-refractivity contribution in [3.8, 4) is 0 Å². The lowest BCUT2D eigenvalue weighted by atomic mass is 10.0. The Bertz CT molecular complexity index is 192. The van der Waals surface area contributed by atoms with Crippen LogP contribution in [-0.4, -0.2) is 12.8 Å². The van der Waals surface area contributed by atoms with Gasteiger partial charge >= 0.3 is 0 Å². The van der Waals surface area contributed by atoms with Gasteiger partial charge < -0.3 is 0 Å².